The van der Waals surface area contributed by atoms with Crippen LogP contribution in [0.1, 0.15) is 42.5 Å². The van der Waals surface area contributed by atoms with Crippen LogP contribution in [0.4, 0.5) is 0 Å². The average Bonchev–Trinajstić information content (AvgIpc) is 3.07. The van der Waals surface area contributed by atoms with Crippen LogP contribution in [-0.2, 0) is 14.3 Å². The van der Waals surface area contributed by atoms with E-state index in [2.05, 4.69) is 11.4 Å². The Hall–Kier alpha value is -1.88. The van der Waals surface area contributed by atoms with Crippen molar-refractivity contribution < 1.29 is 19.4 Å². The first-order valence-corrected chi connectivity index (χ1v) is 8.14. The zero-order chi connectivity index (χ0) is 16.7. The lowest BCUT2D eigenvalue weighted by molar-refractivity contribution is -0.148. The highest BCUT2D eigenvalue weighted by Gasteiger charge is 2.55. The summed E-state index contributed by atoms with van der Waals surface area (Å²) in [6, 6.07) is 5.96. The Kier molecular flexibility index (Phi) is 4.15. The van der Waals surface area contributed by atoms with Gasteiger partial charge in [0.15, 0.2) is 0 Å². The smallest absolute Gasteiger partial charge is 0.310 e. The second-order valence-corrected chi connectivity index (χ2v) is 6.77. The number of hydrogen-bond acceptors (Lipinski definition) is 3. The van der Waals surface area contributed by atoms with Crippen LogP contribution in [0, 0.1) is 25.7 Å². The van der Waals surface area contributed by atoms with E-state index in [0.29, 0.717) is 0 Å². The molecule has 1 amide bonds. The highest BCUT2D eigenvalue weighted by molar-refractivity contribution is 5.86. The fourth-order valence-corrected chi connectivity index (χ4v) is 4.02. The summed E-state index contributed by atoms with van der Waals surface area (Å²) in [7, 11) is 0. The molecule has 0 radical (unpaired) electrons. The third-order valence-electron chi connectivity index (χ3n) is 5.11. The number of rotatable bonds is 4. The Morgan fingerprint density at radius 2 is 1.87 bits per heavy atom. The van der Waals surface area contributed by atoms with E-state index < -0.39 is 17.8 Å². The van der Waals surface area contributed by atoms with Crippen LogP contribution in [0.3, 0.4) is 0 Å². The maximum atomic E-state index is 12.7. The van der Waals surface area contributed by atoms with Gasteiger partial charge in [0.1, 0.15) is 0 Å². The first-order valence-electron chi connectivity index (χ1n) is 8.14. The van der Waals surface area contributed by atoms with Crippen molar-refractivity contribution in [3.8, 4) is 0 Å². The van der Waals surface area contributed by atoms with E-state index in [9.17, 15) is 14.7 Å². The third-order valence-corrected chi connectivity index (χ3v) is 5.11. The lowest BCUT2D eigenvalue weighted by Crippen LogP contribution is -2.44. The summed E-state index contributed by atoms with van der Waals surface area (Å²) in [4.78, 5) is 24.2. The van der Waals surface area contributed by atoms with Crippen molar-refractivity contribution in [2.75, 3.05) is 0 Å². The highest BCUT2D eigenvalue weighted by Crippen LogP contribution is 2.43. The number of aliphatic carboxylic acids is 1. The molecule has 0 saturated carbocycles. The van der Waals surface area contributed by atoms with Gasteiger partial charge in [0, 0.05) is 0 Å². The molecule has 5 atom stereocenters. The van der Waals surface area contributed by atoms with Gasteiger partial charge >= 0.3 is 5.97 Å². The van der Waals surface area contributed by atoms with Crippen molar-refractivity contribution in [2.45, 2.75) is 51.9 Å². The van der Waals surface area contributed by atoms with Crippen LogP contribution in [-0.4, -0.2) is 29.2 Å². The van der Waals surface area contributed by atoms with Crippen molar-refractivity contribution in [3.05, 3.63) is 34.9 Å². The Morgan fingerprint density at radius 1 is 1.22 bits per heavy atom. The second-order valence-electron chi connectivity index (χ2n) is 6.77. The molecular weight excluding hydrogens is 294 g/mol. The van der Waals surface area contributed by atoms with E-state index >= 15 is 0 Å². The van der Waals surface area contributed by atoms with E-state index in [1.807, 2.05) is 32.9 Å². The highest BCUT2D eigenvalue weighted by atomic mass is 16.5. The van der Waals surface area contributed by atoms with Crippen LogP contribution in [0.25, 0.3) is 0 Å². The molecule has 3 rings (SSSR count). The number of nitrogens with one attached hydrogen (secondary N) is 1. The van der Waals surface area contributed by atoms with Gasteiger partial charge in [0.05, 0.1) is 30.1 Å². The normalized spacial score (nSPS) is 30.2. The van der Waals surface area contributed by atoms with Crippen molar-refractivity contribution in [2.24, 2.45) is 11.8 Å². The summed E-state index contributed by atoms with van der Waals surface area (Å²) in [6.45, 7) is 5.98. The molecule has 0 aliphatic carbocycles. The minimum atomic E-state index is -0.934. The number of carboxylic acids is 1. The molecule has 5 nitrogen and oxygen atoms in total. The predicted molar refractivity (Wildman–Crippen MR) is 85.0 cm³/mol. The summed E-state index contributed by atoms with van der Waals surface area (Å²) in [6.07, 6.45) is 0.930. The quantitative estimate of drug-likeness (QED) is 0.894. The fourth-order valence-electron chi connectivity index (χ4n) is 4.02. The molecule has 2 saturated heterocycles. The molecule has 0 aromatic heterocycles. The van der Waals surface area contributed by atoms with E-state index in [0.717, 1.165) is 24.0 Å². The molecule has 0 unspecified atom stereocenters. The van der Waals surface area contributed by atoms with Crippen LogP contribution in [0.15, 0.2) is 18.2 Å². The van der Waals surface area contributed by atoms with Gasteiger partial charge in [-0.2, -0.15) is 0 Å². The molecule has 0 spiro atoms. The lowest BCUT2D eigenvalue weighted by Gasteiger charge is -2.26. The Bertz CT molecular complexity index is 642. The minimum Gasteiger partial charge on any atom is -0.481 e. The molecule has 1 aromatic carbocycles. The number of carboxylic acid groups (broad SMARTS) is 1. The van der Waals surface area contributed by atoms with Gasteiger partial charge in [-0.15, -0.1) is 0 Å². The van der Waals surface area contributed by atoms with Gasteiger partial charge in [-0.05, 0) is 44.7 Å². The van der Waals surface area contributed by atoms with Gasteiger partial charge in [0.2, 0.25) is 5.91 Å². The van der Waals surface area contributed by atoms with E-state index in [1.165, 1.54) is 5.56 Å². The zero-order valence-corrected chi connectivity index (χ0v) is 13.7. The van der Waals surface area contributed by atoms with Crippen LogP contribution < -0.4 is 5.32 Å². The predicted octanol–water partition coefficient (Wildman–Crippen LogP) is 2.36. The summed E-state index contributed by atoms with van der Waals surface area (Å²) in [5.41, 5.74) is 3.36. The van der Waals surface area contributed by atoms with E-state index in [4.69, 9.17) is 4.74 Å². The largest absolute Gasteiger partial charge is 0.481 e. The molecular formula is C18H23NO4. The monoisotopic (exact) mass is 317 g/mol. The van der Waals surface area contributed by atoms with Crippen LogP contribution >= 0.6 is 0 Å². The summed E-state index contributed by atoms with van der Waals surface area (Å²) in [5, 5.41) is 12.4. The summed E-state index contributed by atoms with van der Waals surface area (Å²) < 4.78 is 5.67. The Balaban J connectivity index is 1.74. The maximum absolute atomic E-state index is 12.7. The second kappa shape index (κ2) is 5.96. The number of ether oxygens (including phenoxy) is 1. The Morgan fingerprint density at radius 3 is 2.48 bits per heavy atom. The van der Waals surface area contributed by atoms with Gasteiger partial charge in [-0.1, -0.05) is 23.8 Å². The number of hydrogen-bond donors (Lipinski definition) is 2. The standard InChI is InChI=1S/C18H23NO4/c1-9-4-5-12(10(2)8-9)11(3)19-17(20)15-13-6-7-14(23-13)16(15)18(21)22/h4-5,8,11,13-16H,6-7H2,1-3H3,(H,19,20)(H,21,22)/t11-,13+,14-,15+,16+/m1/s1. The van der Waals surface area contributed by atoms with Gasteiger partial charge < -0.3 is 15.2 Å². The fraction of sp³-hybridized carbons (Fsp3) is 0.556. The van der Waals surface area contributed by atoms with Crippen LogP contribution in [0.2, 0.25) is 0 Å². The van der Waals surface area contributed by atoms with Gasteiger partial charge in [-0.3, -0.25) is 9.59 Å². The van der Waals surface area contributed by atoms with Crippen molar-refractivity contribution in [3.63, 3.8) is 0 Å². The van der Waals surface area contributed by atoms with Crippen molar-refractivity contribution in [1.82, 2.24) is 5.32 Å². The van der Waals surface area contributed by atoms with Crippen LogP contribution in [0.5, 0.6) is 0 Å². The lowest BCUT2D eigenvalue weighted by atomic mass is 9.78. The number of fused-ring (bicyclic) bond motifs is 2. The van der Waals surface area contributed by atoms with Crippen molar-refractivity contribution >= 4 is 11.9 Å². The number of amides is 1. The van der Waals surface area contributed by atoms with Gasteiger partial charge in [0.25, 0.3) is 0 Å². The van der Waals surface area contributed by atoms with Crippen molar-refractivity contribution in [1.29, 1.82) is 0 Å². The molecule has 23 heavy (non-hydrogen) atoms. The van der Waals surface area contributed by atoms with Gasteiger partial charge in [-0.25, -0.2) is 0 Å². The molecule has 2 aliphatic rings. The summed E-state index contributed by atoms with van der Waals surface area (Å²) >= 11 is 0. The maximum Gasteiger partial charge on any atom is 0.310 e. The molecule has 2 heterocycles. The molecule has 5 heteroatoms. The first kappa shape index (κ1) is 16.0. The molecule has 2 N–H and O–H groups in total. The number of carbonyl (C=O) groups excluding carboxylic acids is 1. The number of aryl methyl sites for hydroxylation is 2. The Labute approximate surface area is 136 Å². The topological polar surface area (TPSA) is 75.6 Å². The van der Waals surface area contributed by atoms with E-state index in [-0.39, 0.29) is 24.2 Å². The molecule has 2 fully saturated rings. The first-order chi connectivity index (χ1) is 10.9. The minimum absolute atomic E-state index is 0.156. The molecule has 2 bridgehead atoms. The SMILES string of the molecule is Cc1ccc([C@@H](C)NC(=O)[C@@H]2[C@@H](C(=O)O)[C@H]3CC[C@@H]2O3)c(C)c1. The molecule has 1 aromatic rings. The third kappa shape index (κ3) is 2.85. The molecule has 124 valence electrons. The molecule has 2 aliphatic heterocycles. The average molecular weight is 317 g/mol. The number of carbonyl (C=O) groups is 2. The number of benzene rings is 1. The van der Waals surface area contributed by atoms with E-state index in [1.54, 1.807) is 0 Å². The zero-order valence-electron chi connectivity index (χ0n) is 13.7. The summed E-state index contributed by atoms with van der Waals surface area (Å²) in [5.74, 6) is -2.45.